The van der Waals surface area contributed by atoms with E-state index in [0.717, 1.165) is 48.7 Å². The number of carbonyl (C=O) groups excluding carboxylic acids is 2. The van der Waals surface area contributed by atoms with Crippen LogP contribution in [0.2, 0.25) is 0 Å². The minimum atomic E-state index is -1.06. The number of benzene rings is 2. The van der Waals surface area contributed by atoms with Crippen LogP contribution in [0.5, 0.6) is 0 Å². The first kappa shape index (κ1) is 26.5. The van der Waals surface area contributed by atoms with Crippen molar-refractivity contribution >= 4 is 23.5 Å². The average molecular weight is 509 g/mol. The summed E-state index contributed by atoms with van der Waals surface area (Å²) in [6, 6.07) is 17.4. The second-order valence-corrected chi connectivity index (χ2v) is 10.9. The van der Waals surface area contributed by atoms with Crippen LogP contribution in [0, 0.1) is 0 Å². The minimum Gasteiger partial charge on any atom is -0.511 e. The predicted molar refractivity (Wildman–Crippen MR) is 143 cm³/mol. The molecule has 0 aliphatic carbocycles. The van der Waals surface area contributed by atoms with Crippen LogP contribution in [0.3, 0.4) is 0 Å². The second-order valence-electron chi connectivity index (χ2n) is 9.88. The van der Waals surface area contributed by atoms with E-state index in [1.165, 1.54) is 11.8 Å². The van der Waals surface area contributed by atoms with Gasteiger partial charge in [-0.25, -0.2) is 4.79 Å². The Morgan fingerprint density at radius 3 is 2.47 bits per heavy atom. The van der Waals surface area contributed by atoms with Crippen LogP contribution in [0.4, 0.5) is 0 Å². The molecule has 0 bridgehead atoms. The summed E-state index contributed by atoms with van der Waals surface area (Å²) in [5.74, 6) is -0.0904. The third kappa shape index (κ3) is 6.38. The third-order valence-corrected chi connectivity index (χ3v) is 8.16. The number of esters is 1. The number of rotatable bonds is 10. The number of Topliss-reactive ketones (excluding diaryl/α,β-unsaturated/α-hetero) is 1. The van der Waals surface area contributed by atoms with Gasteiger partial charge >= 0.3 is 5.97 Å². The Morgan fingerprint density at radius 1 is 1.08 bits per heavy atom. The fourth-order valence-electron chi connectivity index (χ4n) is 4.86. The number of aliphatic hydroxyl groups is 1. The van der Waals surface area contributed by atoms with E-state index < -0.39 is 11.6 Å². The smallest absolute Gasteiger partial charge is 0.349 e. The highest BCUT2D eigenvalue weighted by molar-refractivity contribution is 8.04. The van der Waals surface area contributed by atoms with E-state index in [-0.39, 0.29) is 28.8 Å². The lowest BCUT2D eigenvalue weighted by molar-refractivity contribution is -0.161. The number of hydrogen-bond acceptors (Lipinski definition) is 7. The number of piperazine rings is 1. The maximum Gasteiger partial charge on any atom is 0.349 e. The molecule has 0 amide bonds. The largest absolute Gasteiger partial charge is 0.511 e. The maximum absolute atomic E-state index is 13.3. The molecule has 2 heterocycles. The molecule has 6 nitrogen and oxygen atoms in total. The number of carbonyl (C=O) groups is 2. The van der Waals surface area contributed by atoms with E-state index in [1.54, 1.807) is 0 Å². The molecule has 2 N–H and O–H groups in total. The van der Waals surface area contributed by atoms with Gasteiger partial charge in [-0.3, -0.25) is 4.79 Å². The fraction of sp³-hybridized carbons (Fsp3) is 0.448. The summed E-state index contributed by atoms with van der Waals surface area (Å²) >= 11 is 1.26. The van der Waals surface area contributed by atoms with Gasteiger partial charge in [-0.05, 0) is 29.5 Å². The molecular weight excluding hydrogens is 472 g/mol. The van der Waals surface area contributed by atoms with Crippen molar-refractivity contribution in [2.24, 2.45) is 0 Å². The van der Waals surface area contributed by atoms with Gasteiger partial charge in [0.15, 0.2) is 0 Å². The predicted octanol–water partition coefficient (Wildman–Crippen LogP) is 5.16. The molecule has 192 valence electrons. The Labute approximate surface area is 218 Å². The SMILES string of the molecule is CC(C)c1ccccc1SC1=C(O)CC(CCC(=O)CCN2CCNCC2)(c2ccccc2)OC1=O. The van der Waals surface area contributed by atoms with Crippen molar-refractivity contribution in [1.29, 1.82) is 0 Å². The molecule has 2 aromatic carbocycles. The molecule has 1 atom stereocenters. The Bertz CT molecular complexity index is 1100. The summed E-state index contributed by atoms with van der Waals surface area (Å²) < 4.78 is 6.11. The zero-order chi connectivity index (χ0) is 25.5. The Kier molecular flexibility index (Phi) is 8.88. The van der Waals surface area contributed by atoms with Crippen LogP contribution in [0.15, 0.2) is 70.2 Å². The Balaban J connectivity index is 1.51. The molecule has 2 aliphatic heterocycles. The summed E-state index contributed by atoms with van der Waals surface area (Å²) in [4.78, 5) is 29.6. The summed E-state index contributed by atoms with van der Waals surface area (Å²) in [6.45, 7) is 8.78. The van der Waals surface area contributed by atoms with Crippen LogP contribution in [0.1, 0.15) is 56.6 Å². The van der Waals surface area contributed by atoms with Crippen LogP contribution < -0.4 is 5.32 Å². The van der Waals surface area contributed by atoms with Crippen molar-refractivity contribution in [2.45, 2.75) is 55.9 Å². The van der Waals surface area contributed by atoms with Gasteiger partial charge in [-0.2, -0.15) is 0 Å². The number of aliphatic hydroxyl groups excluding tert-OH is 1. The Morgan fingerprint density at radius 2 is 1.78 bits per heavy atom. The first-order valence-electron chi connectivity index (χ1n) is 12.8. The molecule has 0 aromatic heterocycles. The van der Waals surface area contributed by atoms with Crippen molar-refractivity contribution < 1.29 is 19.4 Å². The van der Waals surface area contributed by atoms with Crippen LogP contribution >= 0.6 is 11.8 Å². The lowest BCUT2D eigenvalue weighted by atomic mass is 9.83. The molecule has 1 fully saturated rings. The zero-order valence-corrected chi connectivity index (χ0v) is 22.0. The molecule has 1 saturated heterocycles. The number of hydrogen-bond donors (Lipinski definition) is 2. The quantitative estimate of drug-likeness (QED) is 0.429. The van der Waals surface area contributed by atoms with Gasteiger partial charge in [0.05, 0.1) is 6.42 Å². The highest BCUT2D eigenvalue weighted by Gasteiger charge is 2.44. The van der Waals surface area contributed by atoms with E-state index in [0.29, 0.717) is 19.3 Å². The van der Waals surface area contributed by atoms with E-state index >= 15 is 0 Å². The van der Waals surface area contributed by atoms with E-state index in [4.69, 9.17) is 4.74 Å². The number of ketones is 1. The standard InChI is InChI=1S/C29H36N2O4S/c1-21(2)24-10-6-7-11-26(24)36-27-25(33)20-29(35-28(27)34,22-8-4-3-5-9-22)14-12-23(32)13-17-31-18-15-30-16-19-31/h3-11,21,30,33H,12-20H2,1-2H3. The fourth-order valence-corrected chi connectivity index (χ4v) is 5.96. The maximum atomic E-state index is 13.3. The number of ether oxygens (including phenoxy) is 1. The first-order valence-corrected chi connectivity index (χ1v) is 13.6. The van der Waals surface area contributed by atoms with Gasteiger partial charge in [0.2, 0.25) is 0 Å². The molecule has 7 heteroatoms. The van der Waals surface area contributed by atoms with E-state index in [1.807, 2.05) is 54.6 Å². The highest BCUT2D eigenvalue weighted by Crippen LogP contribution is 2.46. The van der Waals surface area contributed by atoms with Gasteiger partial charge in [-0.15, -0.1) is 0 Å². The average Bonchev–Trinajstić information content (AvgIpc) is 2.89. The number of nitrogens with one attached hydrogen (secondary N) is 1. The number of cyclic esters (lactones) is 1. The first-order chi connectivity index (χ1) is 17.4. The minimum absolute atomic E-state index is 0.0203. The van der Waals surface area contributed by atoms with Crippen molar-refractivity contribution in [2.75, 3.05) is 32.7 Å². The molecule has 36 heavy (non-hydrogen) atoms. The Hall–Kier alpha value is -2.61. The van der Waals surface area contributed by atoms with E-state index in [2.05, 4.69) is 24.1 Å². The molecule has 1 unspecified atom stereocenters. The lowest BCUT2D eigenvalue weighted by Crippen LogP contribution is -2.44. The summed E-state index contributed by atoms with van der Waals surface area (Å²) in [7, 11) is 0. The highest BCUT2D eigenvalue weighted by atomic mass is 32.2. The van der Waals surface area contributed by atoms with Gasteiger partial charge in [0, 0.05) is 50.5 Å². The van der Waals surface area contributed by atoms with Crippen LogP contribution in [-0.4, -0.2) is 54.5 Å². The van der Waals surface area contributed by atoms with Gasteiger partial charge in [-0.1, -0.05) is 74.1 Å². The zero-order valence-electron chi connectivity index (χ0n) is 21.2. The number of thioether (sulfide) groups is 1. The van der Waals surface area contributed by atoms with Gasteiger partial charge in [0.25, 0.3) is 0 Å². The lowest BCUT2D eigenvalue weighted by Gasteiger charge is -2.37. The molecule has 4 rings (SSSR count). The normalized spacial score (nSPS) is 21.0. The van der Waals surface area contributed by atoms with E-state index in [9.17, 15) is 14.7 Å². The van der Waals surface area contributed by atoms with Gasteiger partial charge < -0.3 is 20.1 Å². The molecule has 2 aliphatic rings. The monoisotopic (exact) mass is 508 g/mol. The molecule has 0 spiro atoms. The number of nitrogens with zero attached hydrogens (tertiary/aromatic N) is 1. The second kappa shape index (κ2) is 12.1. The van der Waals surface area contributed by atoms with Gasteiger partial charge in [0.1, 0.15) is 22.0 Å². The summed E-state index contributed by atoms with van der Waals surface area (Å²) in [6.07, 6.45) is 1.27. The summed E-state index contributed by atoms with van der Waals surface area (Å²) in [5, 5.41) is 14.5. The van der Waals surface area contributed by atoms with Crippen molar-refractivity contribution in [3.05, 3.63) is 76.4 Å². The molecule has 2 aromatic rings. The summed E-state index contributed by atoms with van der Waals surface area (Å²) in [5.41, 5.74) is 0.853. The van der Waals surface area contributed by atoms with Crippen molar-refractivity contribution in [3.63, 3.8) is 0 Å². The topological polar surface area (TPSA) is 78.9 Å². The van der Waals surface area contributed by atoms with Crippen molar-refractivity contribution in [3.8, 4) is 0 Å². The third-order valence-electron chi connectivity index (χ3n) is 6.97. The molecule has 0 saturated carbocycles. The van der Waals surface area contributed by atoms with Crippen LogP contribution in [-0.2, 0) is 19.9 Å². The van der Waals surface area contributed by atoms with Crippen LogP contribution in [0.25, 0.3) is 0 Å². The van der Waals surface area contributed by atoms with Crippen molar-refractivity contribution in [1.82, 2.24) is 10.2 Å². The molecular formula is C29H36N2O4S. The molecule has 0 radical (unpaired) electrons.